The minimum Gasteiger partial charge on any atom is -0.320 e. The molecule has 0 saturated heterocycles. The van der Waals surface area contributed by atoms with Crippen LogP contribution in [0.1, 0.15) is 43.9 Å². The van der Waals surface area contributed by atoms with Crippen molar-refractivity contribution < 1.29 is 4.79 Å². The van der Waals surface area contributed by atoms with E-state index in [2.05, 4.69) is 22.3 Å². The number of hydrogen-bond donors (Lipinski definition) is 1. The topological polar surface area (TPSA) is 63.1 Å². The van der Waals surface area contributed by atoms with E-state index < -0.39 is 0 Å². The van der Waals surface area contributed by atoms with E-state index in [1.807, 2.05) is 36.9 Å². The molecule has 1 fully saturated rings. The molecule has 6 nitrogen and oxygen atoms in total. The molecule has 2 aromatic heterocycles. The molecule has 1 aliphatic rings. The Labute approximate surface area is 142 Å². The van der Waals surface area contributed by atoms with Crippen LogP contribution in [0.5, 0.6) is 0 Å². The summed E-state index contributed by atoms with van der Waals surface area (Å²) >= 11 is 0. The molecule has 128 valence electrons. The SMILES string of the molecule is CCN(Cc1ccncc1)C(=O)Nc1c(C)cnn1[C@H](C)C1CC1. The molecular formula is C18H25N5O. The number of amides is 2. The Bertz CT molecular complexity index is 693. The fraction of sp³-hybridized carbons (Fsp3) is 0.500. The molecule has 0 spiro atoms. The zero-order chi connectivity index (χ0) is 17.1. The number of anilines is 1. The number of hydrogen-bond acceptors (Lipinski definition) is 3. The van der Waals surface area contributed by atoms with Gasteiger partial charge < -0.3 is 4.90 Å². The van der Waals surface area contributed by atoms with Gasteiger partial charge in [0.2, 0.25) is 0 Å². The highest BCUT2D eigenvalue weighted by atomic mass is 16.2. The summed E-state index contributed by atoms with van der Waals surface area (Å²) in [4.78, 5) is 18.5. The summed E-state index contributed by atoms with van der Waals surface area (Å²) in [5.41, 5.74) is 2.06. The van der Waals surface area contributed by atoms with Crippen LogP contribution in [0.3, 0.4) is 0 Å². The van der Waals surface area contributed by atoms with Gasteiger partial charge in [0.1, 0.15) is 5.82 Å². The first-order chi connectivity index (χ1) is 11.6. The maximum absolute atomic E-state index is 12.7. The zero-order valence-corrected chi connectivity index (χ0v) is 14.6. The minimum absolute atomic E-state index is 0.0952. The molecule has 0 aromatic carbocycles. The van der Waals surface area contributed by atoms with E-state index in [1.165, 1.54) is 12.8 Å². The first-order valence-electron chi connectivity index (χ1n) is 8.59. The van der Waals surface area contributed by atoms with E-state index in [9.17, 15) is 4.79 Å². The molecule has 0 bridgehead atoms. The number of aryl methyl sites for hydroxylation is 1. The van der Waals surface area contributed by atoms with Crippen molar-refractivity contribution in [3.63, 3.8) is 0 Å². The average molecular weight is 327 g/mol. The Morgan fingerprint density at radius 2 is 2.12 bits per heavy atom. The number of aromatic nitrogens is 3. The highest BCUT2D eigenvalue weighted by Crippen LogP contribution is 2.40. The molecule has 24 heavy (non-hydrogen) atoms. The Balaban J connectivity index is 1.72. The summed E-state index contributed by atoms with van der Waals surface area (Å²) in [5, 5.41) is 7.54. The summed E-state index contributed by atoms with van der Waals surface area (Å²) in [6.07, 6.45) is 7.82. The van der Waals surface area contributed by atoms with Crippen LogP contribution in [-0.4, -0.2) is 32.2 Å². The summed E-state index contributed by atoms with van der Waals surface area (Å²) in [6.45, 7) is 7.35. The predicted molar refractivity (Wildman–Crippen MR) is 93.7 cm³/mol. The highest BCUT2D eigenvalue weighted by molar-refractivity contribution is 5.89. The van der Waals surface area contributed by atoms with Gasteiger partial charge in [-0.3, -0.25) is 10.3 Å². The fourth-order valence-corrected chi connectivity index (χ4v) is 2.91. The summed E-state index contributed by atoms with van der Waals surface area (Å²) in [7, 11) is 0. The third-order valence-corrected chi connectivity index (χ3v) is 4.69. The van der Waals surface area contributed by atoms with Gasteiger partial charge in [0.05, 0.1) is 12.2 Å². The number of nitrogens with zero attached hydrogens (tertiary/aromatic N) is 4. The lowest BCUT2D eigenvalue weighted by Gasteiger charge is -2.23. The van der Waals surface area contributed by atoms with Crippen molar-refractivity contribution in [3.05, 3.63) is 41.9 Å². The van der Waals surface area contributed by atoms with Crippen molar-refractivity contribution in [3.8, 4) is 0 Å². The van der Waals surface area contributed by atoms with Crippen LogP contribution in [0.25, 0.3) is 0 Å². The molecular weight excluding hydrogens is 302 g/mol. The molecule has 2 amide bonds. The lowest BCUT2D eigenvalue weighted by Crippen LogP contribution is -2.35. The van der Waals surface area contributed by atoms with Gasteiger partial charge in [-0.25, -0.2) is 9.48 Å². The quantitative estimate of drug-likeness (QED) is 0.881. The smallest absolute Gasteiger partial charge is 0.320 e. The Kier molecular flexibility index (Phi) is 4.83. The molecule has 1 atom stereocenters. The standard InChI is InChI=1S/C18H25N5O/c1-4-22(12-15-7-9-19-10-8-15)18(24)21-17-13(2)11-20-23(17)14(3)16-5-6-16/h7-11,14,16H,4-6,12H2,1-3H3,(H,21,24)/t14-/m1/s1. The maximum Gasteiger partial charge on any atom is 0.323 e. The van der Waals surface area contributed by atoms with E-state index in [0.717, 1.165) is 16.9 Å². The third kappa shape index (κ3) is 3.58. The van der Waals surface area contributed by atoms with Gasteiger partial charge in [-0.2, -0.15) is 5.10 Å². The monoisotopic (exact) mass is 327 g/mol. The molecule has 2 heterocycles. The van der Waals surface area contributed by atoms with Gasteiger partial charge in [0, 0.05) is 31.0 Å². The summed E-state index contributed by atoms with van der Waals surface area (Å²) < 4.78 is 1.96. The van der Waals surface area contributed by atoms with Gasteiger partial charge in [0.25, 0.3) is 0 Å². The number of carbonyl (C=O) groups excluding carboxylic acids is 1. The van der Waals surface area contributed by atoms with Crippen molar-refractivity contribution in [2.45, 2.75) is 46.2 Å². The molecule has 1 aliphatic carbocycles. The largest absolute Gasteiger partial charge is 0.323 e. The van der Waals surface area contributed by atoms with Crippen molar-refractivity contribution in [2.75, 3.05) is 11.9 Å². The van der Waals surface area contributed by atoms with Gasteiger partial charge in [-0.15, -0.1) is 0 Å². The second-order valence-electron chi connectivity index (χ2n) is 6.50. The van der Waals surface area contributed by atoms with Crippen molar-refractivity contribution >= 4 is 11.8 Å². The second kappa shape index (κ2) is 7.03. The molecule has 3 rings (SSSR count). The normalized spacial score (nSPS) is 15.1. The molecule has 0 aliphatic heterocycles. The lowest BCUT2D eigenvalue weighted by molar-refractivity contribution is 0.211. The number of urea groups is 1. The Morgan fingerprint density at radius 1 is 1.42 bits per heavy atom. The van der Waals surface area contributed by atoms with Gasteiger partial charge >= 0.3 is 6.03 Å². The number of rotatable bonds is 6. The second-order valence-corrected chi connectivity index (χ2v) is 6.50. The zero-order valence-electron chi connectivity index (χ0n) is 14.6. The molecule has 1 N–H and O–H groups in total. The highest BCUT2D eigenvalue weighted by Gasteiger charge is 2.31. The van der Waals surface area contributed by atoms with Crippen molar-refractivity contribution in [1.29, 1.82) is 0 Å². The third-order valence-electron chi connectivity index (χ3n) is 4.69. The average Bonchev–Trinajstić information content (AvgIpc) is 3.38. The Hall–Kier alpha value is -2.37. The number of pyridine rings is 1. The molecule has 1 saturated carbocycles. The number of nitrogens with one attached hydrogen (secondary N) is 1. The molecule has 0 radical (unpaired) electrons. The van der Waals surface area contributed by atoms with E-state index in [1.54, 1.807) is 17.3 Å². The van der Waals surface area contributed by atoms with Crippen LogP contribution in [0, 0.1) is 12.8 Å². The molecule has 2 aromatic rings. The van der Waals surface area contributed by atoms with Crippen molar-refractivity contribution in [2.24, 2.45) is 5.92 Å². The summed E-state index contributed by atoms with van der Waals surface area (Å²) in [5.74, 6) is 1.49. The van der Waals surface area contributed by atoms with Crippen LogP contribution in [-0.2, 0) is 6.54 Å². The van der Waals surface area contributed by atoms with Crippen LogP contribution in [0.4, 0.5) is 10.6 Å². The summed E-state index contributed by atoms with van der Waals surface area (Å²) in [6, 6.07) is 4.09. The molecule has 6 heteroatoms. The predicted octanol–water partition coefficient (Wildman–Crippen LogP) is 3.61. The van der Waals surface area contributed by atoms with Crippen LogP contribution in [0.15, 0.2) is 30.7 Å². The van der Waals surface area contributed by atoms with E-state index >= 15 is 0 Å². The lowest BCUT2D eigenvalue weighted by atomic mass is 10.2. The van der Waals surface area contributed by atoms with E-state index in [4.69, 9.17) is 0 Å². The fourth-order valence-electron chi connectivity index (χ4n) is 2.91. The van der Waals surface area contributed by atoms with Crippen LogP contribution >= 0.6 is 0 Å². The minimum atomic E-state index is -0.0952. The van der Waals surface area contributed by atoms with E-state index in [0.29, 0.717) is 25.0 Å². The number of carbonyl (C=O) groups is 1. The van der Waals surface area contributed by atoms with Gasteiger partial charge in [-0.05, 0) is 57.2 Å². The molecule has 0 unspecified atom stereocenters. The van der Waals surface area contributed by atoms with Gasteiger partial charge in [0.15, 0.2) is 0 Å². The van der Waals surface area contributed by atoms with Crippen LogP contribution in [0.2, 0.25) is 0 Å². The Morgan fingerprint density at radius 3 is 2.75 bits per heavy atom. The first-order valence-corrected chi connectivity index (χ1v) is 8.59. The van der Waals surface area contributed by atoms with Gasteiger partial charge in [-0.1, -0.05) is 0 Å². The van der Waals surface area contributed by atoms with E-state index in [-0.39, 0.29) is 6.03 Å². The van der Waals surface area contributed by atoms with Crippen LogP contribution < -0.4 is 5.32 Å². The van der Waals surface area contributed by atoms with Crippen molar-refractivity contribution in [1.82, 2.24) is 19.7 Å². The maximum atomic E-state index is 12.7. The first kappa shape index (κ1) is 16.5.